The van der Waals surface area contributed by atoms with Crippen LogP contribution in [-0.2, 0) is 20.9 Å². The minimum Gasteiger partial charge on any atom is -0.325 e. The Hall–Kier alpha value is 1.27. The molecule has 0 N–H and O–H groups in total. The van der Waals surface area contributed by atoms with Gasteiger partial charge in [0.1, 0.15) is 0 Å². The van der Waals surface area contributed by atoms with E-state index >= 15 is 0 Å². The smallest absolute Gasteiger partial charge is 0.246 e. The van der Waals surface area contributed by atoms with Gasteiger partial charge in [-0.25, -0.2) is 0 Å². The lowest BCUT2D eigenvalue weighted by Crippen LogP contribution is -2.08. The van der Waals surface area contributed by atoms with E-state index in [1.165, 1.54) is 6.42 Å². The highest BCUT2D eigenvalue weighted by molar-refractivity contribution is 8.68. The van der Waals surface area contributed by atoms with Gasteiger partial charge in [0.05, 0.1) is 0 Å². The molecule has 0 aliphatic carbocycles. The second-order valence-electron chi connectivity index (χ2n) is 3.32. The molecule has 0 saturated heterocycles. The van der Waals surface area contributed by atoms with Crippen LogP contribution in [0.5, 0.6) is 0 Å². The molecular weight excluding hydrogens is 267 g/mol. The molecule has 2 nitrogen and oxygen atoms in total. The number of thioether (sulfide) groups is 1. The number of hydrogen-bond donors (Lipinski definition) is 0. The van der Waals surface area contributed by atoms with Crippen molar-refractivity contribution in [1.82, 2.24) is 0 Å². The highest BCUT2D eigenvalue weighted by Gasteiger charge is 2.19. The summed E-state index contributed by atoms with van der Waals surface area (Å²) in [5.41, 5.74) is -2.05. The van der Waals surface area contributed by atoms with Crippen LogP contribution in [0.2, 0.25) is 0 Å². The molecule has 0 aliphatic heterocycles. The second-order valence-corrected chi connectivity index (χ2v) is 11.8. The van der Waals surface area contributed by atoms with Crippen molar-refractivity contribution in [2.24, 2.45) is 0 Å². The molecule has 0 heterocycles. The molecule has 0 fully saturated rings. The minimum atomic E-state index is -2.05. The molecule has 1 atom stereocenters. The first-order chi connectivity index (χ1) is 6.97. The van der Waals surface area contributed by atoms with Crippen LogP contribution in [0, 0.1) is 0 Å². The van der Waals surface area contributed by atoms with Crippen LogP contribution in [0.3, 0.4) is 0 Å². The predicted molar refractivity (Wildman–Crippen MR) is 77.6 cm³/mol. The Morgan fingerprint density at radius 1 is 1.27 bits per heavy atom. The van der Waals surface area contributed by atoms with Gasteiger partial charge in [0.25, 0.3) is 0 Å². The van der Waals surface area contributed by atoms with Gasteiger partial charge >= 0.3 is 0 Å². The van der Waals surface area contributed by atoms with E-state index in [0.717, 1.165) is 5.75 Å². The molecule has 0 amide bonds. The molecule has 0 aromatic carbocycles. The predicted octanol–water partition coefficient (Wildman–Crippen LogP) is 4.16. The monoisotopic (exact) mass is 288 g/mol. The van der Waals surface area contributed by atoms with E-state index < -0.39 is 5.69 Å². The Morgan fingerprint density at radius 3 is 2.13 bits per heavy atom. The van der Waals surface area contributed by atoms with Crippen molar-refractivity contribution in [3.63, 3.8) is 0 Å². The van der Waals surface area contributed by atoms with Gasteiger partial charge in [0, 0.05) is 25.2 Å². The van der Waals surface area contributed by atoms with Crippen molar-refractivity contribution in [2.45, 2.75) is 37.7 Å². The topological polar surface area (TPSA) is 18.5 Å². The highest BCUT2D eigenvalue weighted by Crippen LogP contribution is 2.60. The highest BCUT2D eigenvalue weighted by atomic mass is 32.9. The molecular formula is C9H21O2PS3. The van der Waals surface area contributed by atoms with Gasteiger partial charge < -0.3 is 9.05 Å². The van der Waals surface area contributed by atoms with E-state index in [9.17, 15) is 0 Å². The Morgan fingerprint density at radius 2 is 1.80 bits per heavy atom. The first kappa shape index (κ1) is 16.3. The fourth-order valence-electron chi connectivity index (χ4n) is 0.993. The van der Waals surface area contributed by atoms with E-state index in [1.54, 1.807) is 25.6 Å². The van der Waals surface area contributed by atoms with Crippen LogP contribution in [0.4, 0.5) is 0 Å². The average Bonchev–Trinajstić information content (AvgIpc) is 2.23. The van der Waals surface area contributed by atoms with E-state index in [0.29, 0.717) is 10.5 Å². The third-order valence-corrected chi connectivity index (χ3v) is 9.32. The maximum absolute atomic E-state index is 5.30. The van der Waals surface area contributed by atoms with Gasteiger partial charge in [0.15, 0.2) is 0 Å². The van der Waals surface area contributed by atoms with Crippen molar-refractivity contribution < 1.29 is 9.05 Å². The second kappa shape index (κ2) is 8.37. The molecule has 1 unspecified atom stereocenters. The summed E-state index contributed by atoms with van der Waals surface area (Å²) in [4.78, 5) is 0. The molecule has 6 heteroatoms. The summed E-state index contributed by atoms with van der Waals surface area (Å²) in [6, 6.07) is 0. The molecule has 0 rings (SSSR count). The first-order valence-electron chi connectivity index (χ1n) is 4.99. The summed E-state index contributed by atoms with van der Waals surface area (Å²) >= 11 is 8.96. The Balaban J connectivity index is 4.04. The van der Waals surface area contributed by atoms with Crippen LogP contribution in [0.15, 0.2) is 0 Å². The first-order valence-corrected chi connectivity index (χ1v) is 10.2. The van der Waals surface area contributed by atoms with Crippen LogP contribution in [0.1, 0.15) is 27.2 Å². The molecule has 0 spiro atoms. The van der Waals surface area contributed by atoms with Gasteiger partial charge in [-0.05, 0) is 23.5 Å². The third-order valence-electron chi connectivity index (χ3n) is 1.79. The van der Waals surface area contributed by atoms with Crippen LogP contribution < -0.4 is 0 Å². The summed E-state index contributed by atoms with van der Waals surface area (Å²) in [5, 5.41) is 1.31. The van der Waals surface area contributed by atoms with E-state index in [1.807, 2.05) is 11.8 Å². The number of rotatable bonds is 8. The van der Waals surface area contributed by atoms with Gasteiger partial charge in [-0.2, -0.15) is 11.8 Å². The number of hydrogen-bond acceptors (Lipinski definition) is 5. The lowest BCUT2D eigenvalue weighted by Gasteiger charge is -2.21. The standard InChI is InChI=1S/C9H21O2PS3/c1-6-9(15-8(2)3)7-14-12(13,10-4)11-5/h8-9H,6-7H2,1-5H3. The Kier molecular flexibility index (Phi) is 9.08. The normalized spacial score (nSPS) is 14.5. The lowest BCUT2D eigenvalue weighted by atomic mass is 10.4. The lowest BCUT2D eigenvalue weighted by molar-refractivity contribution is 0.354. The van der Waals surface area contributed by atoms with Crippen molar-refractivity contribution in [2.75, 3.05) is 20.0 Å². The molecule has 0 bridgehead atoms. The third kappa shape index (κ3) is 7.24. The van der Waals surface area contributed by atoms with Crippen LogP contribution in [-0.4, -0.2) is 30.5 Å². The molecule has 0 aromatic rings. The van der Waals surface area contributed by atoms with Crippen molar-refractivity contribution in [3.05, 3.63) is 0 Å². The van der Waals surface area contributed by atoms with Crippen molar-refractivity contribution >= 4 is 40.6 Å². The molecule has 0 radical (unpaired) electrons. The van der Waals surface area contributed by atoms with Gasteiger partial charge in [-0.15, -0.1) is 0 Å². The van der Waals surface area contributed by atoms with E-state index in [2.05, 4.69) is 20.8 Å². The zero-order chi connectivity index (χ0) is 11.9. The zero-order valence-electron chi connectivity index (χ0n) is 10.1. The maximum atomic E-state index is 5.30. The quantitative estimate of drug-likeness (QED) is 0.622. The summed E-state index contributed by atoms with van der Waals surface area (Å²) in [7, 11) is 3.27. The largest absolute Gasteiger partial charge is 0.325 e. The van der Waals surface area contributed by atoms with Crippen molar-refractivity contribution in [1.29, 1.82) is 0 Å². The SMILES string of the molecule is CCC(CSP(=S)(OC)OC)SC(C)C. The van der Waals surface area contributed by atoms with Crippen LogP contribution in [0.25, 0.3) is 0 Å². The zero-order valence-corrected chi connectivity index (χ0v) is 13.4. The fourth-order valence-corrected chi connectivity index (χ4v) is 5.99. The average molecular weight is 288 g/mol. The maximum Gasteiger partial charge on any atom is 0.246 e. The van der Waals surface area contributed by atoms with Gasteiger partial charge in [-0.3, -0.25) is 0 Å². The Labute approximate surface area is 107 Å². The summed E-state index contributed by atoms with van der Waals surface area (Å²) in [6.07, 6.45) is 1.17. The summed E-state index contributed by atoms with van der Waals surface area (Å²) in [6.45, 7) is 6.66. The molecule has 15 heavy (non-hydrogen) atoms. The van der Waals surface area contributed by atoms with E-state index in [-0.39, 0.29) is 0 Å². The van der Waals surface area contributed by atoms with Gasteiger partial charge in [0.2, 0.25) is 5.69 Å². The molecule has 92 valence electrons. The molecule has 0 saturated carbocycles. The van der Waals surface area contributed by atoms with Gasteiger partial charge in [-0.1, -0.05) is 32.2 Å². The molecule has 0 aliphatic rings. The van der Waals surface area contributed by atoms with Crippen molar-refractivity contribution in [3.8, 4) is 0 Å². The summed E-state index contributed by atoms with van der Waals surface area (Å²) in [5.74, 6) is 1.01. The van der Waals surface area contributed by atoms with Crippen LogP contribution >= 0.6 is 28.8 Å². The fraction of sp³-hybridized carbons (Fsp3) is 1.00. The minimum absolute atomic E-state index is 0.641. The van der Waals surface area contributed by atoms with E-state index in [4.69, 9.17) is 20.9 Å². The molecule has 0 aromatic heterocycles. The Bertz CT molecular complexity index is 204. The summed E-state index contributed by atoms with van der Waals surface area (Å²) < 4.78 is 10.5.